The molecule has 0 aliphatic carbocycles. The number of hydrogen-bond acceptors (Lipinski definition) is 4. The molecule has 3 heterocycles. The number of furan rings is 1. The van der Waals surface area contributed by atoms with E-state index in [1.807, 2.05) is 0 Å². The maximum absolute atomic E-state index is 12.1. The molecule has 0 bridgehead atoms. The molecule has 0 radical (unpaired) electrons. The van der Waals surface area contributed by atoms with E-state index in [4.69, 9.17) is 4.42 Å². The molecule has 3 rings (SSSR count). The van der Waals surface area contributed by atoms with Crippen LogP contribution in [0.1, 0.15) is 21.0 Å². The standard InChI is InChI=1S/C13H14N4O4/c18-11-8-9(14-15-11)12(19)16-3-5-17(6-4-16)13(20)10-2-1-7-21-10/h1-2,7-8H,3-6H2,(H2,14,15,18). The van der Waals surface area contributed by atoms with Crippen molar-refractivity contribution < 1.29 is 14.0 Å². The molecule has 0 unspecified atom stereocenters. The fourth-order valence-corrected chi connectivity index (χ4v) is 2.29. The van der Waals surface area contributed by atoms with Gasteiger partial charge >= 0.3 is 0 Å². The van der Waals surface area contributed by atoms with Gasteiger partial charge in [-0.2, -0.15) is 0 Å². The van der Waals surface area contributed by atoms with Crippen molar-refractivity contribution >= 4 is 11.8 Å². The third-order valence-corrected chi connectivity index (χ3v) is 3.41. The highest BCUT2D eigenvalue weighted by molar-refractivity contribution is 5.93. The number of nitrogens with zero attached hydrogens (tertiary/aromatic N) is 2. The van der Waals surface area contributed by atoms with Crippen LogP contribution in [-0.4, -0.2) is 58.0 Å². The van der Waals surface area contributed by atoms with Crippen molar-refractivity contribution in [1.82, 2.24) is 20.0 Å². The molecule has 8 nitrogen and oxygen atoms in total. The van der Waals surface area contributed by atoms with Crippen molar-refractivity contribution in [3.05, 3.63) is 46.3 Å². The summed E-state index contributed by atoms with van der Waals surface area (Å²) in [7, 11) is 0. The van der Waals surface area contributed by atoms with Crippen LogP contribution in [0.25, 0.3) is 0 Å². The Labute approximate surface area is 119 Å². The van der Waals surface area contributed by atoms with Crippen LogP contribution >= 0.6 is 0 Å². The minimum atomic E-state index is -0.343. The van der Waals surface area contributed by atoms with Gasteiger partial charge in [-0.1, -0.05) is 0 Å². The van der Waals surface area contributed by atoms with Crippen molar-refractivity contribution in [3.63, 3.8) is 0 Å². The molecule has 0 aromatic carbocycles. The Morgan fingerprint density at radius 2 is 1.71 bits per heavy atom. The monoisotopic (exact) mass is 290 g/mol. The summed E-state index contributed by atoms with van der Waals surface area (Å²) in [6, 6.07) is 4.50. The lowest BCUT2D eigenvalue weighted by atomic mass is 10.2. The average Bonchev–Trinajstić information content (AvgIpc) is 3.17. The van der Waals surface area contributed by atoms with Crippen LogP contribution in [0.4, 0.5) is 0 Å². The maximum Gasteiger partial charge on any atom is 0.289 e. The van der Waals surface area contributed by atoms with Crippen LogP contribution in [0, 0.1) is 0 Å². The summed E-state index contributed by atoms with van der Waals surface area (Å²) in [6.45, 7) is 1.69. The number of carbonyl (C=O) groups is 2. The van der Waals surface area contributed by atoms with Crippen molar-refractivity contribution in [1.29, 1.82) is 0 Å². The highest BCUT2D eigenvalue weighted by atomic mass is 16.3. The minimum Gasteiger partial charge on any atom is -0.459 e. The van der Waals surface area contributed by atoms with Crippen molar-refractivity contribution in [2.75, 3.05) is 26.2 Å². The van der Waals surface area contributed by atoms with Crippen molar-refractivity contribution in [2.45, 2.75) is 0 Å². The van der Waals surface area contributed by atoms with Crippen molar-refractivity contribution in [2.24, 2.45) is 0 Å². The number of nitrogens with one attached hydrogen (secondary N) is 2. The van der Waals surface area contributed by atoms with Gasteiger partial charge < -0.3 is 14.2 Å². The van der Waals surface area contributed by atoms with E-state index in [0.29, 0.717) is 31.9 Å². The lowest BCUT2D eigenvalue weighted by Gasteiger charge is -2.34. The van der Waals surface area contributed by atoms with E-state index >= 15 is 0 Å². The van der Waals surface area contributed by atoms with E-state index < -0.39 is 0 Å². The molecule has 1 saturated heterocycles. The molecule has 0 spiro atoms. The fraction of sp³-hybridized carbons (Fsp3) is 0.308. The first-order chi connectivity index (χ1) is 10.1. The van der Waals surface area contributed by atoms with Gasteiger partial charge in [0, 0.05) is 32.2 Å². The zero-order chi connectivity index (χ0) is 14.8. The summed E-state index contributed by atoms with van der Waals surface area (Å²) in [5.41, 5.74) is -0.115. The zero-order valence-corrected chi connectivity index (χ0v) is 11.2. The highest BCUT2D eigenvalue weighted by Crippen LogP contribution is 2.10. The summed E-state index contributed by atoms with van der Waals surface area (Å²) in [5.74, 6) is -0.134. The second-order valence-electron chi connectivity index (χ2n) is 4.73. The average molecular weight is 290 g/mol. The van der Waals surface area contributed by atoms with E-state index in [1.165, 1.54) is 12.3 Å². The molecule has 8 heteroatoms. The van der Waals surface area contributed by atoms with E-state index in [0.717, 1.165) is 0 Å². The summed E-state index contributed by atoms with van der Waals surface area (Å²) in [5, 5.41) is 4.86. The van der Waals surface area contributed by atoms with Crippen LogP contribution < -0.4 is 5.56 Å². The normalized spacial score (nSPS) is 15.2. The molecule has 0 atom stereocenters. The van der Waals surface area contributed by atoms with Crippen molar-refractivity contribution in [3.8, 4) is 0 Å². The highest BCUT2D eigenvalue weighted by Gasteiger charge is 2.27. The summed E-state index contributed by atoms with van der Waals surface area (Å²) in [6.07, 6.45) is 1.45. The number of aromatic amines is 2. The van der Waals surface area contributed by atoms with Gasteiger partial charge in [-0.05, 0) is 12.1 Å². The predicted octanol–water partition coefficient (Wildman–Crippen LogP) is -0.106. The molecule has 2 amide bonds. The molecule has 2 aromatic heterocycles. The summed E-state index contributed by atoms with van der Waals surface area (Å²) < 4.78 is 5.08. The molecular weight excluding hydrogens is 276 g/mol. The smallest absolute Gasteiger partial charge is 0.289 e. The minimum absolute atomic E-state index is 0.179. The largest absolute Gasteiger partial charge is 0.459 e. The number of aromatic nitrogens is 2. The van der Waals surface area contributed by atoms with E-state index in [9.17, 15) is 14.4 Å². The van der Waals surface area contributed by atoms with E-state index in [1.54, 1.807) is 21.9 Å². The first-order valence-electron chi connectivity index (χ1n) is 6.55. The summed E-state index contributed by atoms with van der Waals surface area (Å²) in [4.78, 5) is 38.5. The zero-order valence-electron chi connectivity index (χ0n) is 11.2. The molecule has 1 aliphatic rings. The SMILES string of the molecule is O=C(c1cc(=O)[nH][nH]1)N1CCN(C(=O)c2ccco2)CC1. The molecule has 1 fully saturated rings. The maximum atomic E-state index is 12.1. The fourth-order valence-electron chi connectivity index (χ4n) is 2.29. The number of hydrogen-bond donors (Lipinski definition) is 2. The third kappa shape index (κ3) is 2.60. The van der Waals surface area contributed by atoms with Crippen LogP contribution in [0.2, 0.25) is 0 Å². The van der Waals surface area contributed by atoms with Gasteiger partial charge in [0.1, 0.15) is 5.69 Å². The van der Waals surface area contributed by atoms with E-state index in [2.05, 4.69) is 10.2 Å². The van der Waals surface area contributed by atoms with Gasteiger partial charge in [-0.25, -0.2) is 0 Å². The topological polar surface area (TPSA) is 102 Å². The number of rotatable bonds is 2. The van der Waals surface area contributed by atoms with Gasteiger partial charge in [0.05, 0.1) is 6.26 Å². The predicted molar refractivity (Wildman–Crippen MR) is 71.9 cm³/mol. The van der Waals surface area contributed by atoms with Gasteiger partial charge in [0.15, 0.2) is 5.76 Å². The number of piperazine rings is 1. The van der Waals surface area contributed by atoms with Crippen LogP contribution in [0.15, 0.2) is 33.7 Å². The lowest BCUT2D eigenvalue weighted by Crippen LogP contribution is -2.50. The van der Waals surface area contributed by atoms with Gasteiger partial charge in [-0.15, -0.1) is 0 Å². The third-order valence-electron chi connectivity index (χ3n) is 3.41. The van der Waals surface area contributed by atoms with Crippen LogP contribution in [0.3, 0.4) is 0 Å². The molecule has 2 aromatic rings. The number of carbonyl (C=O) groups excluding carboxylic acids is 2. The molecule has 0 saturated carbocycles. The summed E-state index contributed by atoms with van der Waals surface area (Å²) >= 11 is 0. The Balaban J connectivity index is 1.61. The number of H-pyrrole nitrogens is 2. The Morgan fingerprint density at radius 1 is 1.05 bits per heavy atom. The Morgan fingerprint density at radius 3 is 2.24 bits per heavy atom. The molecule has 2 N–H and O–H groups in total. The first-order valence-corrected chi connectivity index (χ1v) is 6.55. The van der Waals surface area contributed by atoms with Gasteiger partial charge in [0.2, 0.25) is 0 Å². The molecular formula is C13H14N4O4. The quantitative estimate of drug-likeness (QED) is 0.805. The van der Waals surface area contributed by atoms with Crippen LogP contribution in [-0.2, 0) is 0 Å². The Bertz CT molecular complexity index is 692. The Kier molecular flexibility index (Phi) is 3.35. The van der Waals surface area contributed by atoms with Gasteiger partial charge in [-0.3, -0.25) is 24.6 Å². The van der Waals surface area contributed by atoms with Crippen LogP contribution in [0.5, 0.6) is 0 Å². The molecule has 21 heavy (non-hydrogen) atoms. The Hall–Kier alpha value is -2.77. The van der Waals surface area contributed by atoms with E-state index in [-0.39, 0.29) is 23.1 Å². The lowest BCUT2D eigenvalue weighted by molar-refractivity contribution is 0.0515. The number of amides is 2. The first kappa shape index (κ1) is 13.2. The second-order valence-corrected chi connectivity index (χ2v) is 4.73. The second kappa shape index (κ2) is 5.31. The molecule has 110 valence electrons. The van der Waals surface area contributed by atoms with Gasteiger partial charge in [0.25, 0.3) is 17.4 Å². The molecule has 1 aliphatic heterocycles.